The van der Waals surface area contributed by atoms with Crippen LogP contribution in [0.1, 0.15) is 97.5 Å². The number of thiophene rings is 1. The average molecular weight is 800 g/mol. The minimum Gasteiger partial charge on any atom is -0.493 e. The molecule has 0 spiro atoms. The molecule has 55 heavy (non-hydrogen) atoms. The molecule has 0 radical (unpaired) electrons. The van der Waals surface area contributed by atoms with E-state index in [9.17, 15) is 45.8 Å². The van der Waals surface area contributed by atoms with Gasteiger partial charge in [-0.3, -0.25) is 19.4 Å². The van der Waals surface area contributed by atoms with Crippen LogP contribution in [0.4, 0.5) is 26.3 Å². The number of likely N-dealkylation sites (tertiary alicyclic amines) is 2. The maximum Gasteiger partial charge on any atom is 0.425 e. The molecule has 2 saturated heterocycles. The number of carbonyl (C=O) groups excluding carboxylic acids is 2. The van der Waals surface area contributed by atoms with Gasteiger partial charge in [0.05, 0.1) is 29.4 Å². The Balaban J connectivity index is 1.44. The fourth-order valence-electron chi connectivity index (χ4n) is 7.43. The number of aromatic nitrogens is 1. The highest BCUT2D eigenvalue weighted by Crippen LogP contribution is 2.44. The van der Waals surface area contributed by atoms with Crippen LogP contribution in [-0.2, 0) is 27.5 Å². The summed E-state index contributed by atoms with van der Waals surface area (Å²) in [4.78, 5) is 45.1. The third-order valence-corrected chi connectivity index (χ3v) is 11.1. The molecule has 4 heterocycles. The van der Waals surface area contributed by atoms with Gasteiger partial charge in [0.2, 0.25) is 5.60 Å². The van der Waals surface area contributed by atoms with Crippen LogP contribution in [0.5, 0.6) is 11.5 Å². The molecule has 3 aromatic rings. The number of ether oxygens (including phenoxy) is 2. The number of hydrogen-bond acceptors (Lipinski definition) is 8. The molecule has 5 rings (SSSR count). The molecule has 17 heteroatoms. The second kappa shape index (κ2) is 17.2. The number of carboxylic acid groups (broad SMARTS) is 1. The topological polar surface area (TPSA) is 130 Å². The normalized spacial score (nSPS) is 20.3. The van der Waals surface area contributed by atoms with Crippen LogP contribution in [0.3, 0.4) is 0 Å². The lowest BCUT2D eigenvalue weighted by Crippen LogP contribution is -2.68. The van der Waals surface area contributed by atoms with Crippen molar-refractivity contribution < 1.29 is 60.4 Å². The minimum absolute atomic E-state index is 0.0188. The van der Waals surface area contributed by atoms with E-state index < -0.39 is 63.4 Å². The quantitative estimate of drug-likeness (QED) is 0.124. The summed E-state index contributed by atoms with van der Waals surface area (Å²) in [6, 6.07) is 7.18. The summed E-state index contributed by atoms with van der Waals surface area (Å²) in [5.74, 6) is -2.40. The molecule has 2 atom stereocenters. The van der Waals surface area contributed by atoms with Gasteiger partial charge in [0.1, 0.15) is 16.4 Å². The van der Waals surface area contributed by atoms with Crippen molar-refractivity contribution in [3.05, 3.63) is 75.7 Å². The van der Waals surface area contributed by atoms with Crippen molar-refractivity contribution in [3.8, 4) is 11.5 Å². The number of aliphatic hydroxyl groups is 1. The van der Waals surface area contributed by atoms with Crippen LogP contribution < -0.4 is 9.47 Å². The number of rotatable bonds is 14. The molecule has 2 aliphatic heterocycles. The van der Waals surface area contributed by atoms with Crippen molar-refractivity contribution in [1.29, 1.82) is 0 Å². The number of aliphatic carboxylic acids is 1. The first-order valence-corrected chi connectivity index (χ1v) is 19.0. The Kier molecular flexibility index (Phi) is 13.1. The summed E-state index contributed by atoms with van der Waals surface area (Å²) >= 11 is 0.366. The summed E-state index contributed by atoms with van der Waals surface area (Å²) < 4.78 is 95.5. The zero-order valence-corrected chi connectivity index (χ0v) is 30.9. The summed E-state index contributed by atoms with van der Waals surface area (Å²) in [5, 5.41) is 21.9. The number of halogens is 6. The summed E-state index contributed by atoms with van der Waals surface area (Å²) in [6.07, 6.45) is -5.54. The Morgan fingerprint density at radius 3 is 2.36 bits per heavy atom. The number of benzene rings is 1. The number of pyridine rings is 1. The van der Waals surface area contributed by atoms with E-state index in [0.29, 0.717) is 54.4 Å². The van der Waals surface area contributed by atoms with Gasteiger partial charge in [-0.05, 0) is 57.1 Å². The van der Waals surface area contributed by atoms with Crippen LogP contribution >= 0.6 is 11.3 Å². The van der Waals surface area contributed by atoms with Crippen molar-refractivity contribution in [1.82, 2.24) is 14.8 Å². The van der Waals surface area contributed by atoms with E-state index in [0.717, 1.165) is 28.7 Å². The number of alkyl halides is 6. The highest BCUT2D eigenvalue weighted by atomic mass is 32.1. The number of unbranched alkanes of at least 4 members (excludes halogenated alkanes) is 2. The van der Waals surface area contributed by atoms with Gasteiger partial charge in [-0.15, -0.1) is 11.3 Å². The number of nitrogens with zero attached hydrogens (tertiary/aromatic N) is 3. The monoisotopic (exact) mass is 799 g/mol. The number of hydrogen-bond donors (Lipinski definition) is 2. The first kappa shape index (κ1) is 41.8. The molecule has 300 valence electrons. The minimum atomic E-state index is -4.89. The first-order chi connectivity index (χ1) is 26.0. The van der Waals surface area contributed by atoms with Gasteiger partial charge < -0.3 is 29.5 Å². The molecule has 10 nitrogen and oxygen atoms in total. The largest absolute Gasteiger partial charge is 0.493 e. The van der Waals surface area contributed by atoms with Crippen LogP contribution in [0.25, 0.3) is 0 Å². The molecule has 1 aromatic carbocycles. The second-order valence-electron chi connectivity index (χ2n) is 13.8. The van der Waals surface area contributed by atoms with Gasteiger partial charge in [-0.1, -0.05) is 31.5 Å². The van der Waals surface area contributed by atoms with E-state index in [4.69, 9.17) is 14.6 Å². The van der Waals surface area contributed by atoms with Crippen LogP contribution in [0.15, 0.2) is 54.2 Å². The predicted molar refractivity (Wildman–Crippen MR) is 189 cm³/mol. The van der Waals surface area contributed by atoms with Crippen LogP contribution in [0.2, 0.25) is 0 Å². The molecule has 2 aromatic heterocycles. The van der Waals surface area contributed by atoms with E-state index in [1.54, 1.807) is 31.2 Å². The van der Waals surface area contributed by atoms with E-state index in [1.165, 1.54) is 4.90 Å². The smallest absolute Gasteiger partial charge is 0.425 e. The zero-order chi connectivity index (χ0) is 40.0. The molecule has 0 saturated carbocycles. The third-order valence-electron chi connectivity index (χ3n) is 10.1. The van der Waals surface area contributed by atoms with Gasteiger partial charge in [0, 0.05) is 61.9 Å². The lowest BCUT2D eigenvalue weighted by atomic mass is 9.78. The summed E-state index contributed by atoms with van der Waals surface area (Å²) in [7, 11) is 0. The average Bonchev–Trinajstić information content (AvgIpc) is 3.62. The molecule has 2 N–H and O–H groups in total. The van der Waals surface area contributed by atoms with E-state index in [-0.39, 0.29) is 70.5 Å². The molecule has 2 aliphatic rings. The second-order valence-corrected chi connectivity index (χ2v) is 14.7. The molecule has 2 fully saturated rings. The molecule has 2 amide bonds. The van der Waals surface area contributed by atoms with Crippen LogP contribution in [-0.4, -0.2) is 80.7 Å². The van der Waals surface area contributed by atoms with Crippen molar-refractivity contribution in [2.45, 2.75) is 101 Å². The Hall–Kier alpha value is -4.38. The fraction of sp³-hybridized carbons (Fsp3) is 0.526. The molecule has 0 unspecified atom stereocenters. The van der Waals surface area contributed by atoms with Gasteiger partial charge >= 0.3 is 18.3 Å². The Morgan fingerprint density at radius 1 is 0.982 bits per heavy atom. The number of para-hydroxylation sites is 1. The summed E-state index contributed by atoms with van der Waals surface area (Å²) in [5.41, 5.74) is -4.86. The Bertz CT molecular complexity index is 1810. The highest BCUT2D eigenvalue weighted by Gasteiger charge is 2.56. The van der Waals surface area contributed by atoms with Gasteiger partial charge in [0.15, 0.2) is 0 Å². The standard InChI is InChI=1S/C38H43F6N3O7S/c1-2-9-30-36(54-25-22-31(55-24-25)38(42,43)44,14-8-18-47(30)33(50)26-23-45-17-13-27(26)37(39,40)41)34(51)46-19-15-35(52,16-20-46)28-10-5-6-11-29(28)53-21-7-3-4-12-32(48)49/h5-6,10-11,13,17,22-24,30,52H,2-4,7-9,12,14-16,18-21H2,1H3,(H,48,49)/t30-,36+/m1/s1. The first-order valence-electron chi connectivity index (χ1n) is 18.1. The number of carbonyl (C=O) groups is 3. The van der Waals surface area contributed by atoms with E-state index >= 15 is 0 Å². The molecule has 0 bridgehead atoms. The van der Waals surface area contributed by atoms with Crippen molar-refractivity contribution >= 4 is 29.1 Å². The molecular formula is C38H43F6N3O7S. The number of carboxylic acids is 1. The van der Waals surface area contributed by atoms with Gasteiger partial charge in [-0.25, -0.2) is 0 Å². The molecular weight excluding hydrogens is 756 g/mol. The van der Waals surface area contributed by atoms with Crippen molar-refractivity contribution in [3.63, 3.8) is 0 Å². The maximum absolute atomic E-state index is 14.9. The number of amides is 2. The fourth-order valence-corrected chi connectivity index (χ4v) is 8.11. The SMILES string of the molecule is CCC[C@H]1N(C(=O)c2cnccc2C(F)(F)F)CCC[C@@]1(Oc1csc(C(F)(F)F)c1)C(=O)N1CCC(O)(c2ccccc2OCCCCCC(=O)O)CC1. The van der Waals surface area contributed by atoms with E-state index in [1.807, 2.05) is 0 Å². The summed E-state index contributed by atoms with van der Waals surface area (Å²) in [6.45, 7) is 1.96. The predicted octanol–water partition coefficient (Wildman–Crippen LogP) is 7.94. The van der Waals surface area contributed by atoms with Gasteiger partial charge in [-0.2, -0.15) is 26.3 Å². The van der Waals surface area contributed by atoms with Crippen LogP contribution in [0, 0.1) is 0 Å². The van der Waals surface area contributed by atoms with Crippen molar-refractivity contribution in [2.75, 3.05) is 26.2 Å². The lowest BCUT2D eigenvalue weighted by Gasteiger charge is -2.51. The van der Waals surface area contributed by atoms with Crippen molar-refractivity contribution in [2.24, 2.45) is 0 Å². The van der Waals surface area contributed by atoms with Gasteiger partial charge in [0.25, 0.3) is 11.8 Å². The Labute approximate surface area is 318 Å². The highest BCUT2D eigenvalue weighted by molar-refractivity contribution is 7.10. The lowest BCUT2D eigenvalue weighted by molar-refractivity contribution is -0.163. The molecule has 0 aliphatic carbocycles. The third kappa shape index (κ3) is 9.54. The Morgan fingerprint density at radius 2 is 1.71 bits per heavy atom. The maximum atomic E-state index is 14.9. The zero-order valence-electron chi connectivity index (χ0n) is 30.1. The van der Waals surface area contributed by atoms with E-state index in [2.05, 4.69) is 4.98 Å². The number of piperidine rings is 2.